The van der Waals surface area contributed by atoms with E-state index in [2.05, 4.69) is 58.4 Å². The van der Waals surface area contributed by atoms with Crippen molar-refractivity contribution in [3.8, 4) is 0 Å². The number of hydrogen-bond acceptors (Lipinski definition) is 5. The molecular weight excluding hydrogens is 274 g/mol. The maximum Gasteiger partial charge on any atom is 0.136 e. The first-order valence-corrected chi connectivity index (χ1v) is 7.41. The van der Waals surface area contributed by atoms with Gasteiger partial charge in [0.05, 0.1) is 0 Å². The molecule has 0 aliphatic heterocycles. The second kappa shape index (κ2) is 6.22. The van der Waals surface area contributed by atoms with Crippen LogP contribution in [0, 0.1) is 6.92 Å². The quantitative estimate of drug-likeness (QED) is 0.899. The molecular formula is C17H25N5. The molecule has 0 aliphatic rings. The maximum absolute atomic E-state index is 4.44. The molecule has 22 heavy (non-hydrogen) atoms. The molecule has 0 radical (unpaired) electrons. The third-order valence-corrected chi connectivity index (χ3v) is 3.00. The zero-order valence-electron chi connectivity index (χ0n) is 14.2. The Morgan fingerprint density at radius 1 is 0.955 bits per heavy atom. The molecule has 5 heteroatoms. The fraction of sp³-hybridized carbons (Fsp3) is 0.412. The number of anilines is 4. The van der Waals surface area contributed by atoms with Crippen LogP contribution in [0.1, 0.15) is 26.6 Å². The summed E-state index contributed by atoms with van der Waals surface area (Å²) < 4.78 is 0. The minimum Gasteiger partial charge on any atom is -0.378 e. The zero-order valence-corrected chi connectivity index (χ0v) is 14.2. The first-order valence-electron chi connectivity index (χ1n) is 7.41. The van der Waals surface area contributed by atoms with E-state index in [4.69, 9.17) is 0 Å². The van der Waals surface area contributed by atoms with E-state index in [1.807, 2.05) is 39.2 Å². The van der Waals surface area contributed by atoms with Crippen molar-refractivity contribution >= 4 is 23.0 Å². The van der Waals surface area contributed by atoms with Crippen LogP contribution in [-0.2, 0) is 0 Å². The highest BCUT2D eigenvalue weighted by Crippen LogP contribution is 2.21. The minimum atomic E-state index is -0.0363. The van der Waals surface area contributed by atoms with Gasteiger partial charge in [0, 0.05) is 37.1 Å². The first-order chi connectivity index (χ1) is 10.2. The largest absolute Gasteiger partial charge is 0.378 e. The highest BCUT2D eigenvalue weighted by atomic mass is 15.1. The van der Waals surface area contributed by atoms with Crippen molar-refractivity contribution in [2.24, 2.45) is 0 Å². The second-order valence-corrected chi connectivity index (χ2v) is 6.63. The lowest BCUT2D eigenvalue weighted by atomic mass is 10.1. The lowest BCUT2D eigenvalue weighted by molar-refractivity contribution is 0.629. The number of aromatic nitrogens is 2. The van der Waals surface area contributed by atoms with E-state index in [-0.39, 0.29) is 5.54 Å². The molecule has 0 bridgehead atoms. The number of rotatable bonds is 4. The number of nitrogens with zero attached hydrogens (tertiary/aromatic N) is 3. The highest BCUT2D eigenvalue weighted by molar-refractivity contribution is 5.62. The number of benzene rings is 1. The zero-order chi connectivity index (χ0) is 16.3. The Balaban J connectivity index is 2.18. The van der Waals surface area contributed by atoms with Crippen LogP contribution in [0.15, 0.2) is 30.3 Å². The van der Waals surface area contributed by atoms with Gasteiger partial charge < -0.3 is 15.5 Å². The number of aryl methyl sites for hydroxylation is 1. The summed E-state index contributed by atoms with van der Waals surface area (Å²) in [6, 6.07) is 10.2. The van der Waals surface area contributed by atoms with Crippen molar-refractivity contribution in [1.29, 1.82) is 0 Å². The summed E-state index contributed by atoms with van der Waals surface area (Å²) in [5.41, 5.74) is 2.13. The average molecular weight is 299 g/mol. The minimum absolute atomic E-state index is 0.0363. The molecule has 0 aliphatic carbocycles. The molecule has 0 atom stereocenters. The third kappa shape index (κ3) is 4.62. The highest BCUT2D eigenvalue weighted by Gasteiger charge is 2.11. The molecule has 1 aromatic heterocycles. The summed E-state index contributed by atoms with van der Waals surface area (Å²) >= 11 is 0. The standard InChI is InChI=1S/C17H25N5/c1-12-18-15(11-16(19-12)21-17(2,3)4)20-13-7-9-14(10-8-13)22(5)6/h7-11H,1-6H3,(H2,18,19,20,21). The van der Waals surface area contributed by atoms with Crippen molar-refractivity contribution in [2.75, 3.05) is 29.6 Å². The Kier molecular flexibility index (Phi) is 4.54. The van der Waals surface area contributed by atoms with Gasteiger partial charge in [0.2, 0.25) is 0 Å². The van der Waals surface area contributed by atoms with E-state index in [1.165, 1.54) is 5.69 Å². The molecule has 2 aromatic rings. The monoisotopic (exact) mass is 299 g/mol. The molecule has 0 fully saturated rings. The molecule has 0 unspecified atom stereocenters. The van der Waals surface area contributed by atoms with Gasteiger partial charge in [-0.05, 0) is 52.0 Å². The Labute approximate surface area is 132 Å². The third-order valence-electron chi connectivity index (χ3n) is 3.00. The van der Waals surface area contributed by atoms with Crippen LogP contribution in [-0.4, -0.2) is 29.6 Å². The van der Waals surface area contributed by atoms with E-state index in [0.717, 1.165) is 23.1 Å². The predicted molar refractivity (Wildman–Crippen MR) is 94.2 cm³/mol. The Bertz CT molecular complexity index is 626. The lowest BCUT2D eigenvalue weighted by Gasteiger charge is -2.22. The van der Waals surface area contributed by atoms with Crippen LogP contribution >= 0.6 is 0 Å². The van der Waals surface area contributed by atoms with E-state index in [9.17, 15) is 0 Å². The fourth-order valence-electron chi connectivity index (χ4n) is 2.07. The van der Waals surface area contributed by atoms with Crippen LogP contribution in [0.25, 0.3) is 0 Å². The fourth-order valence-corrected chi connectivity index (χ4v) is 2.07. The molecule has 0 spiro atoms. The summed E-state index contributed by atoms with van der Waals surface area (Å²) in [5.74, 6) is 2.35. The Morgan fingerprint density at radius 2 is 1.55 bits per heavy atom. The molecule has 1 aromatic carbocycles. The van der Waals surface area contributed by atoms with Crippen molar-refractivity contribution in [3.63, 3.8) is 0 Å². The smallest absolute Gasteiger partial charge is 0.136 e. The van der Waals surface area contributed by atoms with Crippen LogP contribution < -0.4 is 15.5 Å². The molecule has 5 nitrogen and oxygen atoms in total. The predicted octanol–water partition coefficient (Wildman–Crippen LogP) is 3.81. The lowest BCUT2D eigenvalue weighted by Crippen LogP contribution is -2.26. The van der Waals surface area contributed by atoms with Crippen molar-refractivity contribution in [1.82, 2.24) is 9.97 Å². The first kappa shape index (κ1) is 16.1. The molecule has 2 rings (SSSR count). The van der Waals surface area contributed by atoms with Gasteiger partial charge in [-0.25, -0.2) is 9.97 Å². The molecule has 0 saturated heterocycles. The van der Waals surface area contributed by atoms with E-state index in [0.29, 0.717) is 0 Å². The van der Waals surface area contributed by atoms with Crippen LogP contribution in [0.5, 0.6) is 0 Å². The van der Waals surface area contributed by atoms with Crippen molar-refractivity contribution in [2.45, 2.75) is 33.2 Å². The van der Waals surface area contributed by atoms with Crippen LogP contribution in [0.3, 0.4) is 0 Å². The topological polar surface area (TPSA) is 53.1 Å². The molecule has 118 valence electrons. The van der Waals surface area contributed by atoms with Crippen molar-refractivity contribution in [3.05, 3.63) is 36.2 Å². The summed E-state index contributed by atoms with van der Waals surface area (Å²) in [6.45, 7) is 8.22. The second-order valence-electron chi connectivity index (χ2n) is 6.63. The van der Waals surface area contributed by atoms with Gasteiger partial charge in [-0.15, -0.1) is 0 Å². The van der Waals surface area contributed by atoms with Gasteiger partial charge in [-0.1, -0.05) is 0 Å². The van der Waals surface area contributed by atoms with Gasteiger partial charge in [-0.3, -0.25) is 0 Å². The summed E-state index contributed by atoms with van der Waals surface area (Å²) in [4.78, 5) is 10.9. The van der Waals surface area contributed by atoms with Gasteiger partial charge in [-0.2, -0.15) is 0 Å². The maximum atomic E-state index is 4.44. The summed E-state index contributed by atoms with van der Waals surface area (Å²) in [7, 11) is 4.06. The molecule has 0 amide bonds. The number of hydrogen-bond donors (Lipinski definition) is 2. The van der Waals surface area contributed by atoms with Crippen molar-refractivity contribution < 1.29 is 0 Å². The van der Waals surface area contributed by atoms with E-state index >= 15 is 0 Å². The molecule has 0 saturated carbocycles. The van der Waals surface area contributed by atoms with Gasteiger partial charge in [0.25, 0.3) is 0 Å². The number of nitrogens with one attached hydrogen (secondary N) is 2. The van der Waals surface area contributed by atoms with Gasteiger partial charge >= 0.3 is 0 Å². The van der Waals surface area contributed by atoms with Gasteiger partial charge in [0.1, 0.15) is 17.5 Å². The Hall–Kier alpha value is -2.30. The SMILES string of the molecule is Cc1nc(Nc2ccc(N(C)C)cc2)cc(NC(C)(C)C)n1. The molecule has 1 heterocycles. The van der Waals surface area contributed by atoms with Crippen LogP contribution in [0.4, 0.5) is 23.0 Å². The Morgan fingerprint density at radius 3 is 2.09 bits per heavy atom. The van der Waals surface area contributed by atoms with Gasteiger partial charge in [0.15, 0.2) is 0 Å². The van der Waals surface area contributed by atoms with E-state index in [1.54, 1.807) is 0 Å². The normalized spacial score (nSPS) is 11.2. The molecule has 2 N–H and O–H groups in total. The summed E-state index contributed by atoms with van der Waals surface area (Å²) in [5, 5.41) is 6.70. The van der Waals surface area contributed by atoms with E-state index < -0.39 is 0 Å². The average Bonchev–Trinajstić information content (AvgIpc) is 2.36. The summed E-state index contributed by atoms with van der Waals surface area (Å²) in [6.07, 6.45) is 0. The van der Waals surface area contributed by atoms with Crippen LogP contribution in [0.2, 0.25) is 0 Å².